The zero-order valence-corrected chi connectivity index (χ0v) is 10.6. The molecule has 0 amide bonds. The molecule has 0 radical (unpaired) electrons. The first-order valence-corrected chi connectivity index (χ1v) is 6.44. The molecule has 2 aliphatic rings. The summed E-state index contributed by atoms with van der Waals surface area (Å²) in [5.74, 6) is -1.43. The highest BCUT2D eigenvalue weighted by atomic mass is 19.4. The van der Waals surface area contributed by atoms with Gasteiger partial charge in [-0.2, -0.15) is 13.2 Å². The fourth-order valence-corrected chi connectivity index (χ4v) is 2.49. The van der Waals surface area contributed by atoms with E-state index >= 15 is 0 Å². The first-order chi connectivity index (χ1) is 9.95. The summed E-state index contributed by atoms with van der Waals surface area (Å²) in [6, 6.07) is 1.77. The number of halogens is 3. The van der Waals surface area contributed by atoms with Gasteiger partial charge in [0.25, 0.3) is 0 Å². The highest BCUT2D eigenvalue weighted by Gasteiger charge is 2.38. The number of rotatable bonds is 1. The molecule has 0 spiro atoms. The van der Waals surface area contributed by atoms with Crippen molar-refractivity contribution in [3.63, 3.8) is 0 Å². The number of carbonyl (C=O) groups is 1. The summed E-state index contributed by atoms with van der Waals surface area (Å²) in [6.45, 7) is 0. The molecule has 2 heterocycles. The first kappa shape index (κ1) is 12.4. The highest BCUT2D eigenvalue weighted by Crippen LogP contribution is 2.43. The van der Waals surface area contributed by atoms with Gasteiger partial charge in [0, 0.05) is 35.1 Å². The third-order valence-corrected chi connectivity index (χ3v) is 3.71. The van der Waals surface area contributed by atoms with Crippen molar-refractivity contribution in [2.75, 3.05) is 0 Å². The molecule has 2 aromatic rings. The molecular formula is C14H8F3N3O. The van der Waals surface area contributed by atoms with Gasteiger partial charge < -0.3 is 0 Å². The third kappa shape index (κ3) is 1.84. The summed E-state index contributed by atoms with van der Waals surface area (Å²) in [4.78, 5) is 23.1. The number of pyridine rings is 1. The third-order valence-electron chi connectivity index (χ3n) is 3.71. The van der Waals surface area contributed by atoms with Crippen LogP contribution in [-0.4, -0.2) is 20.7 Å². The molecule has 0 aliphatic heterocycles. The normalized spacial score (nSPS) is 16.8. The molecule has 0 saturated heterocycles. The molecule has 0 aromatic carbocycles. The maximum atomic E-state index is 12.6. The van der Waals surface area contributed by atoms with E-state index in [1.165, 1.54) is 6.20 Å². The molecule has 106 valence electrons. The Bertz CT molecular complexity index is 782. The lowest BCUT2D eigenvalue weighted by atomic mass is 10.1. The second-order valence-corrected chi connectivity index (χ2v) is 5.21. The van der Waals surface area contributed by atoms with E-state index in [9.17, 15) is 18.0 Å². The van der Waals surface area contributed by atoms with Gasteiger partial charge in [-0.05, 0) is 18.9 Å². The van der Waals surface area contributed by atoms with E-state index in [-0.39, 0.29) is 5.69 Å². The van der Waals surface area contributed by atoms with Gasteiger partial charge >= 0.3 is 6.18 Å². The van der Waals surface area contributed by atoms with Crippen molar-refractivity contribution >= 4 is 5.78 Å². The van der Waals surface area contributed by atoms with Crippen molar-refractivity contribution in [3.05, 3.63) is 41.2 Å². The number of fused-ring (bicyclic) bond motifs is 3. The van der Waals surface area contributed by atoms with Crippen LogP contribution < -0.4 is 0 Å². The molecule has 7 heteroatoms. The highest BCUT2D eigenvalue weighted by molar-refractivity contribution is 6.20. The Kier molecular flexibility index (Phi) is 2.29. The van der Waals surface area contributed by atoms with E-state index in [4.69, 9.17) is 0 Å². The van der Waals surface area contributed by atoms with Gasteiger partial charge in [0.15, 0.2) is 0 Å². The van der Waals surface area contributed by atoms with E-state index in [2.05, 4.69) is 15.0 Å². The molecule has 1 saturated carbocycles. The number of hydrogen-bond acceptors (Lipinski definition) is 4. The molecule has 0 N–H and O–H groups in total. The molecule has 4 rings (SSSR count). The molecule has 0 bridgehead atoms. The number of carbonyl (C=O) groups excluding carboxylic acids is 1. The predicted octanol–water partition coefficient (Wildman–Crippen LogP) is 2.98. The molecule has 0 atom stereocenters. The minimum Gasteiger partial charge on any atom is -0.287 e. The van der Waals surface area contributed by atoms with Crippen LogP contribution in [0.2, 0.25) is 0 Å². The van der Waals surface area contributed by atoms with Crippen molar-refractivity contribution in [1.29, 1.82) is 0 Å². The lowest BCUT2D eigenvalue weighted by Crippen LogP contribution is -2.13. The fourth-order valence-electron chi connectivity index (χ4n) is 2.49. The lowest BCUT2D eigenvalue weighted by molar-refractivity contribution is -0.145. The van der Waals surface area contributed by atoms with Crippen LogP contribution in [-0.2, 0) is 6.18 Å². The fraction of sp³-hybridized carbons (Fsp3) is 0.286. The van der Waals surface area contributed by atoms with Gasteiger partial charge in [-0.15, -0.1) is 0 Å². The van der Waals surface area contributed by atoms with Gasteiger partial charge in [0.1, 0.15) is 5.69 Å². The Balaban J connectivity index is 1.87. The van der Waals surface area contributed by atoms with E-state index in [0.717, 1.165) is 24.7 Å². The van der Waals surface area contributed by atoms with Crippen LogP contribution in [0.15, 0.2) is 18.5 Å². The Labute approximate surface area is 117 Å². The standard InChI is InChI=1S/C14H8F3N3O/c15-14(16,17)13-19-4-8-7-3-10(6-1-2-6)18-5-9(7)12(21)11(8)20-13/h3-6H,1-2H2. The van der Waals surface area contributed by atoms with Crippen molar-refractivity contribution in [3.8, 4) is 11.1 Å². The van der Waals surface area contributed by atoms with E-state index in [1.54, 1.807) is 6.07 Å². The monoisotopic (exact) mass is 291 g/mol. The molecule has 2 aromatic heterocycles. The zero-order valence-electron chi connectivity index (χ0n) is 10.6. The van der Waals surface area contributed by atoms with Crippen LogP contribution >= 0.6 is 0 Å². The minimum atomic E-state index is -4.67. The van der Waals surface area contributed by atoms with Crippen LogP contribution in [0.5, 0.6) is 0 Å². The van der Waals surface area contributed by atoms with Crippen LogP contribution in [0.1, 0.15) is 46.3 Å². The van der Waals surface area contributed by atoms with Crippen LogP contribution in [0.4, 0.5) is 13.2 Å². The van der Waals surface area contributed by atoms with Crippen LogP contribution in [0.25, 0.3) is 11.1 Å². The summed E-state index contributed by atoms with van der Waals surface area (Å²) >= 11 is 0. The zero-order chi connectivity index (χ0) is 14.8. The summed E-state index contributed by atoms with van der Waals surface area (Å²) in [6.07, 6.45) is -0.0560. The van der Waals surface area contributed by atoms with Crippen molar-refractivity contribution < 1.29 is 18.0 Å². The summed E-state index contributed by atoms with van der Waals surface area (Å²) < 4.78 is 37.9. The van der Waals surface area contributed by atoms with Gasteiger partial charge in [0.2, 0.25) is 11.6 Å². The van der Waals surface area contributed by atoms with Crippen molar-refractivity contribution in [2.24, 2.45) is 0 Å². The maximum absolute atomic E-state index is 12.6. The number of ketones is 1. The second kappa shape index (κ2) is 3.87. The lowest BCUT2D eigenvalue weighted by Gasteiger charge is -2.06. The van der Waals surface area contributed by atoms with Crippen molar-refractivity contribution in [2.45, 2.75) is 24.9 Å². The molecule has 4 nitrogen and oxygen atoms in total. The number of nitrogens with zero attached hydrogens (tertiary/aromatic N) is 3. The number of hydrogen-bond donors (Lipinski definition) is 0. The van der Waals surface area contributed by atoms with E-state index < -0.39 is 17.8 Å². The number of aromatic nitrogens is 3. The predicted molar refractivity (Wildman–Crippen MR) is 65.7 cm³/mol. The Hall–Kier alpha value is -2.31. The summed E-state index contributed by atoms with van der Waals surface area (Å²) in [7, 11) is 0. The van der Waals surface area contributed by atoms with Gasteiger partial charge in [-0.1, -0.05) is 0 Å². The van der Waals surface area contributed by atoms with Crippen LogP contribution in [0, 0.1) is 0 Å². The minimum absolute atomic E-state index is 0.193. The van der Waals surface area contributed by atoms with Gasteiger partial charge in [-0.3, -0.25) is 9.78 Å². The van der Waals surface area contributed by atoms with Gasteiger partial charge in [0.05, 0.1) is 5.56 Å². The Morgan fingerprint density at radius 3 is 2.43 bits per heavy atom. The molecular weight excluding hydrogens is 283 g/mol. The smallest absolute Gasteiger partial charge is 0.287 e. The summed E-state index contributed by atoms with van der Waals surface area (Å²) in [5.41, 5.74) is 1.91. The molecule has 21 heavy (non-hydrogen) atoms. The van der Waals surface area contributed by atoms with Gasteiger partial charge in [-0.25, -0.2) is 9.97 Å². The Morgan fingerprint density at radius 1 is 1.05 bits per heavy atom. The van der Waals surface area contributed by atoms with Crippen LogP contribution in [0.3, 0.4) is 0 Å². The molecule has 1 fully saturated rings. The van der Waals surface area contributed by atoms with E-state index in [1.807, 2.05) is 0 Å². The molecule has 0 unspecified atom stereocenters. The second-order valence-electron chi connectivity index (χ2n) is 5.21. The Morgan fingerprint density at radius 2 is 1.76 bits per heavy atom. The largest absolute Gasteiger partial charge is 0.451 e. The van der Waals surface area contributed by atoms with Crippen molar-refractivity contribution in [1.82, 2.24) is 15.0 Å². The first-order valence-electron chi connectivity index (χ1n) is 6.44. The average molecular weight is 291 g/mol. The maximum Gasteiger partial charge on any atom is 0.451 e. The number of alkyl halides is 3. The molecule has 2 aliphatic carbocycles. The average Bonchev–Trinajstić information content (AvgIpc) is 3.25. The topological polar surface area (TPSA) is 55.7 Å². The quantitative estimate of drug-likeness (QED) is 0.691. The summed E-state index contributed by atoms with van der Waals surface area (Å²) in [5, 5.41) is 0. The SMILES string of the molecule is O=C1c2cnc(C3CC3)cc2-c2cnc(C(F)(F)F)nc21. The van der Waals surface area contributed by atoms with E-state index in [0.29, 0.717) is 22.6 Å².